The first-order valence-electron chi connectivity index (χ1n) is 14.1. The number of aromatic hydroxyl groups is 1. The molecule has 2 saturated heterocycles. The van der Waals surface area contributed by atoms with Crippen molar-refractivity contribution in [2.45, 2.75) is 43.9 Å². The molecule has 0 saturated carbocycles. The van der Waals surface area contributed by atoms with E-state index in [1.165, 1.54) is 0 Å². The molecule has 0 bridgehead atoms. The number of phenolic OH excluding ortho intramolecular Hbond substituents is 1. The Balaban J connectivity index is 1.24. The van der Waals surface area contributed by atoms with Crippen LogP contribution in [-0.4, -0.2) is 82.9 Å². The Kier molecular flexibility index (Phi) is 8.75. The number of nitrogen functional groups attached to an aromatic ring is 1. The maximum absolute atomic E-state index is 12.7. The highest BCUT2D eigenvalue weighted by atomic mass is 16.5. The average molecular weight is 578 g/mol. The predicted octanol–water partition coefficient (Wildman–Crippen LogP) is 0.693. The molecule has 2 aliphatic rings. The first kappa shape index (κ1) is 29.1. The second-order valence-electron chi connectivity index (χ2n) is 10.8. The number of benzene rings is 2. The van der Waals surface area contributed by atoms with E-state index in [1.54, 1.807) is 42.5 Å². The third kappa shape index (κ3) is 7.08. The van der Waals surface area contributed by atoms with Gasteiger partial charge in [-0.15, -0.1) is 0 Å². The van der Waals surface area contributed by atoms with E-state index in [0.717, 1.165) is 6.42 Å². The monoisotopic (exact) mass is 577 g/mol. The van der Waals surface area contributed by atoms with Crippen molar-refractivity contribution in [2.24, 2.45) is 17.2 Å². The summed E-state index contributed by atoms with van der Waals surface area (Å²) in [6.07, 6.45) is 1.43. The number of hydrogen-bond acceptors (Lipinski definition) is 13. The summed E-state index contributed by atoms with van der Waals surface area (Å²) in [5.74, 6) is 1.27. The molecule has 3 heterocycles. The van der Waals surface area contributed by atoms with Crippen LogP contribution in [-0.2, 0) is 0 Å². The van der Waals surface area contributed by atoms with E-state index in [0.29, 0.717) is 73.8 Å². The standard InChI is InChI=1S/C28H39N11O3/c1-2-42-22-6-3-16(4-7-22)25(41)34-23-8-5-20(11-24(23)40)33-21-10-19(31)14-39(15-21)28-36-26(32)35-27(37-28)38-12-17(29)9-18(30)13-38/h3-8,11,17-19,21,33,40H,2,9-10,12-15,29-31H2,1H3,(H,34,41)(H2,32,35,36,37)/t17-,18+,19-,21+/m0/s1. The Hall–Kier alpha value is -4.40. The number of phenols is 1. The maximum Gasteiger partial charge on any atom is 0.255 e. The Morgan fingerprint density at radius 3 is 2.17 bits per heavy atom. The molecule has 4 atom stereocenters. The average Bonchev–Trinajstić information content (AvgIpc) is 2.94. The Morgan fingerprint density at radius 1 is 0.929 bits per heavy atom. The van der Waals surface area contributed by atoms with E-state index >= 15 is 0 Å². The third-order valence-corrected chi connectivity index (χ3v) is 7.24. The highest BCUT2D eigenvalue weighted by molar-refractivity contribution is 6.05. The molecule has 2 aliphatic heterocycles. The van der Waals surface area contributed by atoms with Crippen molar-refractivity contribution in [1.29, 1.82) is 0 Å². The van der Waals surface area contributed by atoms with Gasteiger partial charge < -0.3 is 53.2 Å². The van der Waals surface area contributed by atoms with Crippen LogP contribution in [0.25, 0.3) is 0 Å². The molecule has 11 N–H and O–H groups in total. The SMILES string of the molecule is CCOc1ccc(C(=O)Nc2ccc(N[C@@H]3C[C@H](N)CN(c4nc(N)nc(N5C[C@H](N)C[C@H](N)C5)n4)C3)cc2O)cc1. The summed E-state index contributed by atoms with van der Waals surface area (Å²) in [5.41, 5.74) is 26.2. The lowest BCUT2D eigenvalue weighted by molar-refractivity contribution is 0.102. The molecule has 14 nitrogen and oxygen atoms in total. The highest BCUT2D eigenvalue weighted by Crippen LogP contribution is 2.29. The highest BCUT2D eigenvalue weighted by Gasteiger charge is 2.30. The lowest BCUT2D eigenvalue weighted by atomic mass is 10.0. The summed E-state index contributed by atoms with van der Waals surface area (Å²) in [6.45, 7) is 4.70. The Morgan fingerprint density at radius 2 is 1.55 bits per heavy atom. The molecule has 0 radical (unpaired) electrons. The van der Waals surface area contributed by atoms with Crippen LogP contribution in [0, 0.1) is 0 Å². The zero-order valence-corrected chi connectivity index (χ0v) is 23.6. The van der Waals surface area contributed by atoms with Crippen LogP contribution in [0.5, 0.6) is 11.5 Å². The number of nitrogens with two attached hydrogens (primary N) is 4. The van der Waals surface area contributed by atoms with Gasteiger partial charge in [-0.1, -0.05) is 0 Å². The summed E-state index contributed by atoms with van der Waals surface area (Å²) in [5, 5.41) is 16.8. The molecule has 5 rings (SSSR count). The number of aromatic nitrogens is 3. The molecule has 224 valence electrons. The van der Waals surface area contributed by atoms with Gasteiger partial charge in [0.25, 0.3) is 5.91 Å². The van der Waals surface area contributed by atoms with E-state index in [9.17, 15) is 9.90 Å². The summed E-state index contributed by atoms with van der Waals surface area (Å²) in [7, 11) is 0. The molecule has 3 aromatic rings. The summed E-state index contributed by atoms with van der Waals surface area (Å²) >= 11 is 0. The molecule has 0 aliphatic carbocycles. The summed E-state index contributed by atoms with van der Waals surface area (Å²) in [4.78, 5) is 30.0. The molecular formula is C28H39N11O3. The number of anilines is 5. The lowest BCUT2D eigenvalue weighted by Crippen LogP contribution is -2.53. The van der Waals surface area contributed by atoms with Crippen molar-refractivity contribution in [3.63, 3.8) is 0 Å². The second kappa shape index (κ2) is 12.6. The smallest absolute Gasteiger partial charge is 0.255 e. The van der Waals surface area contributed by atoms with Crippen molar-refractivity contribution in [3.05, 3.63) is 48.0 Å². The van der Waals surface area contributed by atoms with Gasteiger partial charge in [-0.25, -0.2) is 0 Å². The zero-order chi connectivity index (χ0) is 29.8. The third-order valence-electron chi connectivity index (χ3n) is 7.24. The quantitative estimate of drug-likeness (QED) is 0.183. The number of amides is 1. The Bertz CT molecular complexity index is 1380. The Labute approximate surface area is 244 Å². The van der Waals surface area contributed by atoms with Crippen molar-refractivity contribution in [1.82, 2.24) is 15.0 Å². The van der Waals surface area contributed by atoms with E-state index in [-0.39, 0.29) is 41.8 Å². The van der Waals surface area contributed by atoms with Gasteiger partial charge in [-0.05, 0) is 56.2 Å². The van der Waals surface area contributed by atoms with Crippen LogP contribution in [0.15, 0.2) is 42.5 Å². The van der Waals surface area contributed by atoms with Gasteiger partial charge in [-0.2, -0.15) is 15.0 Å². The first-order valence-corrected chi connectivity index (χ1v) is 14.1. The van der Waals surface area contributed by atoms with Gasteiger partial charge in [0.1, 0.15) is 11.5 Å². The van der Waals surface area contributed by atoms with Gasteiger partial charge in [-0.3, -0.25) is 4.79 Å². The van der Waals surface area contributed by atoms with Crippen LogP contribution in [0.1, 0.15) is 30.1 Å². The molecule has 0 spiro atoms. The number of nitrogens with one attached hydrogen (secondary N) is 2. The molecule has 2 fully saturated rings. The number of nitrogens with zero attached hydrogens (tertiary/aromatic N) is 5. The summed E-state index contributed by atoms with van der Waals surface area (Å²) < 4.78 is 5.42. The van der Waals surface area contributed by atoms with Gasteiger partial charge in [0.15, 0.2) is 0 Å². The van der Waals surface area contributed by atoms with E-state index in [1.807, 2.05) is 16.7 Å². The van der Waals surface area contributed by atoms with Crippen LogP contribution in [0.2, 0.25) is 0 Å². The minimum atomic E-state index is -0.340. The molecule has 14 heteroatoms. The second-order valence-corrected chi connectivity index (χ2v) is 10.8. The number of carbonyl (C=O) groups excluding carboxylic acids is 1. The normalized spacial score (nSPS) is 22.5. The topological polar surface area (TPSA) is 220 Å². The van der Waals surface area contributed by atoms with Crippen LogP contribution >= 0.6 is 0 Å². The minimum Gasteiger partial charge on any atom is -0.506 e. The fraction of sp³-hybridized carbons (Fsp3) is 0.429. The fourth-order valence-corrected chi connectivity index (χ4v) is 5.43. The molecule has 1 amide bonds. The zero-order valence-electron chi connectivity index (χ0n) is 23.6. The summed E-state index contributed by atoms with van der Waals surface area (Å²) in [6, 6.07) is 11.4. The van der Waals surface area contributed by atoms with E-state index in [2.05, 4.69) is 25.6 Å². The lowest BCUT2D eigenvalue weighted by Gasteiger charge is -2.38. The van der Waals surface area contributed by atoms with Crippen molar-refractivity contribution >= 4 is 35.1 Å². The molecule has 2 aromatic carbocycles. The number of ether oxygens (including phenoxy) is 1. The van der Waals surface area contributed by atoms with Crippen LogP contribution in [0.3, 0.4) is 0 Å². The van der Waals surface area contributed by atoms with Gasteiger partial charge in [0, 0.05) is 67.7 Å². The number of carbonyl (C=O) groups is 1. The number of piperidine rings is 2. The van der Waals surface area contributed by atoms with Crippen LogP contribution in [0.4, 0.5) is 29.2 Å². The van der Waals surface area contributed by atoms with Crippen molar-refractivity contribution in [3.8, 4) is 11.5 Å². The first-order chi connectivity index (χ1) is 20.2. The van der Waals surface area contributed by atoms with Crippen LogP contribution < -0.4 is 48.1 Å². The van der Waals surface area contributed by atoms with Crippen molar-refractivity contribution < 1.29 is 14.6 Å². The van der Waals surface area contributed by atoms with Gasteiger partial charge in [0.2, 0.25) is 17.8 Å². The van der Waals surface area contributed by atoms with E-state index < -0.39 is 0 Å². The van der Waals surface area contributed by atoms with Gasteiger partial charge >= 0.3 is 0 Å². The minimum absolute atomic E-state index is 0.0657. The molecule has 0 unspecified atom stereocenters. The van der Waals surface area contributed by atoms with Crippen molar-refractivity contribution in [2.75, 3.05) is 59.0 Å². The maximum atomic E-state index is 12.7. The number of hydrogen-bond donors (Lipinski definition) is 7. The molecule has 42 heavy (non-hydrogen) atoms. The number of rotatable bonds is 8. The predicted molar refractivity (Wildman–Crippen MR) is 163 cm³/mol. The largest absolute Gasteiger partial charge is 0.506 e. The van der Waals surface area contributed by atoms with Gasteiger partial charge in [0.05, 0.1) is 12.3 Å². The molecular weight excluding hydrogens is 538 g/mol. The van der Waals surface area contributed by atoms with E-state index in [4.69, 9.17) is 27.7 Å². The molecule has 1 aromatic heterocycles. The fourth-order valence-electron chi connectivity index (χ4n) is 5.43.